The fraction of sp³-hybridized carbons (Fsp3) is 0. The molecule has 0 amide bonds. The van der Waals surface area contributed by atoms with E-state index in [2.05, 4.69) is 36.4 Å². The molecule has 0 unspecified atom stereocenters. The molecule has 9 heteroatoms. The van der Waals surface area contributed by atoms with Crippen molar-refractivity contribution in [3.05, 3.63) is 73.5 Å². The number of non-ortho nitro benzene ring substituents is 1. The lowest BCUT2D eigenvalue weighted by Crippen LogP contribution is -1.96. The topological polar surface area (TPSA) is 117 Å². The number of nitro groups is 1. The SMILES string of the molecule is O=c1[nH][nH]c(-c2ccc([N+](=O)[O-])cc2)c1N=Nc1ccc(Br)cc1. The van der Waals surface area contributed by atoms with E-state index in [1.807, 2.05) is 12.1 Å². The molecule has 0 aliphatic heterocycles. The average molecular weight is 388 g/mol. The van der Waals surface area contributed by atoms with Crippen molar-refractivity contribution in [2.75, 3.05) is 0 Å². The standard InChI is InChI=1S/C15H10BrN5O3/c16-10-3-5-11(6-4-10)17-19-14-13(18-20-15(14)22)9-1-7-12(8-2-9)21(23)24/h1-8H,(H2,18,20,22). The van der Waals surface area contributed by atoms with E-state index in [1.54, 1.807) is 12.1 Å². The fourth-order valence-corrected chi connectivity index (χ4v) is 2.29. The van der Waals surface area contributed by atoms with Crippen molar-refractivity contribution in [2.45, 2.75) is 0 Å². The van der Waals surface area contributed by atoms with Crippen molar-refractivity contribution in [2.24, 2.45) is 10.2 Å². The number of azo groups is 1. The first kappa shape index (κ1) is 15.8. The fourth-order valence-electron chi connectivity index (χ4n) is 2.02. The van der Waals surface area contributed by atoms with Gasteiger partial charge in [-0.05, 0) is 36.4 Å². The molecule has 120 valence electrons. The van der Waals surface area contributed by atoms with Crippen molar-refractivity contribution in [1.82, 2.24) is 10.2 Å². The van der Waals surface area contributed by atoms with Gasteiger partial charge in [-0.15, -0.1) is 5.11 Å². The molecule has 0 aliphatic rings. The quantitative estimate of drug-likeness (QED) is 0.390. The molecule has 24 heavy (non-hydrogen) atoms. The van der Waals surface area contributed by atoms with E-state index >= 15 is 0 Å². The lowest BCUT2D eigenvalue weighted by Gasteiger charge is -1.98. The zero-order valence-electron chi connectivity index (χ0n) is 12.1. The minimum absolute atomic E-state index is 0.0327. The van der Waals surface area contributed by atoms with Crippen LogP contribution in [0.25, 0.3) is 11.3 Å². The zero-order chi connectivity index (χ0) is 17.1. The molecule has 0 saturated carbocycles. The molecule has 2 N–H and O–H groups in total. The smallest absolute Gasteiger partial charge is 0.292 e. The first-order valence-corrected chi connectivity index (χ1v) is 7.56. The van der Waals surface area contributed by atoms with Crippen LogP contribution in [0.15, 0.2) is 68.0 Å². The number of halogens is 1. The molecule has 1 aromatic heterocycles. The van der Waals surface area contributed by atoms with Crippen LogP contribution in [0.1, 0.15) is 0 Å². The number of aromatic nitrogens is 2. The Labute approximate surface area is 143 Å². The van der Waals surface area contributed by atoms with Gasteiger partial charge >= 0.3 is 0 Å². The summed E-state index contributed by atoms with van der Waals surface area (Å²) in [5.74, 6) is 0. The van der Waals surface area contributed by atoms with Gasteiger partial charge in [0.25, 0.3) is 11.2 Å². The maximum absolute atomic E-state index is 11.9. The van der Waals surface area contributed by atoms with E-state index in [9.17, 15) is 14.9 Å². The predicted octanol–water partition coefficient (Wildman–Crippen LogP) is 4.46. The summed E-state index contributed by atoms with van der Waals surface area (Å²) in [6, 6.07) is 12.9. The van der Waals surface area contributed by atoms with E-state index in [-0.39, 0.29) is 11.4 Å². The highest BCUT2D eigenvalue weighted by atomic mass is 79.9. The van der Waals surface area contributed by atoms with Gasteiger partial charge in [0.1, 0.15) is 0 Å². The minimum Gasteiger partial charge on any atom is -0.295 e. The molecular formula is C15H10BrN5O3. The molecule has 0 atom stereocenters. The van der Waals surface area contributed by atoms with Crippen LogP contribution in [0.5, 0.6) is 0 Å². The molecule has 8 nitrogen and oxygen atoms in total. The summed E-state index contributed by atoms with van der Waals surface area (Å²) in [5, 5.41) is 23.9. The molecule has 3 aromatic rings. The Kier molecular flexibility index (Phi) is 4.34. The van der Waals surface area contributed by atoms with Crippen LogP contribution in [-0.4, -0.2) is 15.1 Å². The molecule has 0 aliphatic carbocycles. The third-order valence-electron chi connectivity index (χ3n) is 3.21. The van der Waals surface area contributed by atoms with E-state index in [4.69, 9.17) is 0 Å². The van der Waals surface area contributed by atoms with Gasteiger partial charge < -0.3 is 0 Å². The third-order valence-corrected chi connectivity index (χ3v) is 3.74. The van der Waals surface area contributed by atoms with Gasteiger partial charge in [-0.25, -0.2) is 0 Å². The second-order valence-corrected chi connectivity index (χ2v) is 5.70. The van der Waals surface area contributed by atoms with Gasteiger partial charge in [-0.1, -0.05) is 15.9 Å². The van der Waals surface area contributed by atoms with Crippen LogP contribution in [0.3, 0.4) is 0 Å². The van der Waals surface area contributed by atoms with Gasteiger partial charge in [-0.3, -0.25) is 25.1 Å². The Morgan fingerprint density at radius 1 is 0.958 bits per heavy atom. The summed E-state index contributed by atoms with van der Waals surface area (Å²) >= 11 is 3.32. The maximum atomic E-state index is 11.9. The number of aromatic amines is 2. The Morgan fingerprint density at radius 2 is 1.62 bits per heavy atom. The lowest BCUT2D eigenvalue weighted by atomic mass is 10.1. The molecule has 2 aromatic carbocycles. The maximum Gasteiger partial charge on any atom is 0.292 e. The van der Waals surface area contributed by atoms with E-state index in [0.29, 0.717) is 16.9 Å². The number of nitro benzene ring substituents is 1. The van der Waals surface area contributed by atoms with Crippen molar-refractivity contribution in [3.8, 4) is 11.3 Å². The number of nitrogens with one attached hydrogen (secondary N) is 2. The number of hydrogen-bond donors (Lipinski definition) is 2. The molecule has 0 bridgehead atoms. The highest BCUT2D eigenvalue weighted by molar-refractivity contribution is 9.10. The lowest BCUT2D eigenvalue weighted by molar-refractivity contribution is -0.384. The summed E-state index contributed by atoms with van der Waals surface area (Å²) in [5.41, 5.74) is 1.23. The Balaban J connectivity index is 1.95. The molecule has 0 fully saturated rings. The van der Waals surface area contributed by atoms with Gasteiger partial charge in [0.2, 0.25) is 0 Å². The summed E-state index contributed by atoms with van der Waals surface area (Å²) < 4.78 is 0.910. The van der Waals surface area contributed by atoms with Crippen LogP contribution in [-0.2, 0) is 0 Å². The predicted molar refractivity (Wildman–Crippen MR) is 91.8 cm³/mol. The van der Waals surface area contributed by atoms with E-state index < -0.39 is 10.5 Å². The van der Waals surface area contributed by atoms with Gasteiger partial charge in [0.05, 0.1) is 16.3 Å². The number of benzene rings is 2. The highest BCUT2D eigenvalue weighted by Crippen LogP contribution is 2.28. The van der Waals surface area contributed by atoms with Crippen LogP contribution < -0.4 is 5.56 Å². The Bertz CT molecular complexity index is 958. The van der Waals surface area contributed by atoms with E-state index in [0.717, 1.165) is 4.47 Å². The first-order chi connectivity index (χ1) is 11.5. The van der Waals surface area contributed by atoms with Crippen molar-refractivity contribution in [1.29, 1.82) is 0 Å². The Morgan fingerprint density at radius 3 is 2.25 bits per heavy atom. The molecule has 0 spiro atoms. The molecule has 1 heterocycles. The minimum atomic E-state index is -0.488. The monoisotopic (exact) mass is 387 g/mol. The van der Waals surface area contributed by atoms with Crippen molar-refractivity contribution >= 4 is 33.0 Å². The largest absolute Gasteiger partial charge is 0.295 e. The first-order valence-electron chi connectivity index (χ1n) is 6.77. The second kappa shape index (κ2) is 6.59. The summed E-state index contributed by atoms with van der Waals surface area (Å²) in [4.78, 5) is 22.1. The van der Waals surface area contributed by atoms with Crippen molar-refractivity contribution < 1.29 is 4.92 Å². The number of rotatable bonds is 4. The number of H-pyrrole nitrogens is 2. The van der Waals surface area contributed by atoms with Crippen LogP contribution in [0, 0.1) is 10.1 Å². The second-order valence-electron chi connectivity index (χ2n) is 4.78. The average Bonchev–Trinajstić information content (AvgIpc) is 2.95. The van der Waals surface area contributed by atoms with Gasteiger partial charge in [0.15, 0.2) is 5.69 Å². The van der Waals surface area contributed by atoms with Crippen LogP contribution >= 0.6 is 15.9 Å². The molecule has 3 rings (SSSR count). The molecular weight excluding hydrogens is 378 g/mol. The zero-order valence-corrected chi connectivity index (χ0v) is 13.6. The summed E-state index contributed by atoms with van der Waals surface area (Å²) in [7, 11) is 0. The third kappa shape index (κ3) is 3.30. The van der Waals surface area contributed by atoms with Gasteiger partial charge in [-0.2, -0.15) is 5.11 Å². The van der Waals surface area contributed by atoms with Crippen LogP contribution in [0.4, 0.5) is 17.1 Å². The Hall–Kier alpha value is -3.07. The molecule has 0 radical (unpaired) electrons. The summed E-state index contributed by atoms with van der Waals surface area (Å²) in [6.07, 6.45) is 0. The van der Waals surface area contributed by atoms with E-state index in [1.165, 1.54) is 24.3 Å². The van der Waals surface area contributed by atoms with Gasteiger partial charge in [0, 0.05) is 22.2 Å². The molecule has 0 saturated heterocycles. The number of hydrogen-bond acceptors (Lipinski definition) is 5. The van der Waals surface area contributed by atoms with Crippen LogP contribution in [0.2, 0.25) is 0 Å². The highest BCUT2D eigenvalue weighted by Gasteiger charge is 2.13. The van der Waals surface area contributed by atoms with Crippen molar-refractivity contribution in [3.63, 3.8) is 0 Å². The number of nitrogens with zero attached hydrogens (tertiary/aromatic N) is 3. The summed E-state index contributed by atoms with van der Waals surface area (Å²) in [6.45, 7) is 0. The normalized spacial score (nSPS) is 11.0.